The summed E-state index contributed by atoms with van der Waals surface area (Å²) in [7, 11) is 5.18. The Kier molecular flexibility index (Phi) is 44.5. The molecule has 0 aliphatic rings. The number of hydrogen-bond acceptors (Lipinski definition) is 7. The number of aryl methyl sites for hydroxylation is 3. The highest BCUT2D eigenvalue weighted by atomic mass is 79.9. The maximum absolute atomic E-state index is 13.9. The molecule has 0 saturated heterocycles. The summed E-state index contributed by atoms with van der Waals surface area (Å²) in [6.07, 6.45) is 11.0. The van der Waals surface area contributed by atoms with E-state index in [2.05, 4.69) is 47.8 Å². The second-order valence-electron chi connectivity index (χ2n) is 34.8. The normalized spacial score (nSPS) is 11.2. The van der Waals surface area contributed by atoms with Crippen molar-refractivity contribution in [3.63, 3.8) is 0 Å². The highest BCUT2D eigenvalue weighted by Gasteiger charge is 2.27. The summed E-state index contributed by atoms with van der Waals surface area (Å²) in [5.41, 5.74) is 8.93. The first kappa shape index (κ1) is 117. The average Bonchev–Trinajstić information content (AvgIpc) is 1.75. The molecule has 7 heterocycles. The van der Waals surface area contributed by atoms with Gasteiger partial charge in [-0.25, -0.2) is 30.7 Å². The summed E-state index contributed by atoms with van der Waals surface area (Å²) >= 11 is 45.1. The lowest BCUT2D eigenvalue weighted by atomic mass is 10.1. The molecule has 0 radical (unpaired) electrons. The van der Waals surface area contributed by atoms with Crippen LogP contribution < -0.4 is 31.9 Å². The first-order chi connectivity index (χ1) is 71.1. The quantitative estimate of drug-likeness (QED) is 0.0260. The van der Waals surface area contributed by atoms with Gasteiger partial charge in [0.1, 0.15) is 80.6 Å². The predicted molar refractivity (Wildman–Crippen MR) is 580 cm³/mol. The summed E-state index contributed by atoms with van der Waals surface area (Å²) in [5, 5.41) is 18.5. The van der Waals surface area contributed by atoms with E-state index < -0.39 is 46.8 Å². The maximum atomic E-state index is 13.9. The van der Waals surface area contributed by atoms with Gasteiger partial charge in [0.15, 0.2) is 0 Å². The van der Waals surface area contributed by atoms with Crippen molar-refractivity contribution in [1.29, 1.82) is 0 Å². The summed E-state index contributed by atoms with van der Waals surface area (Å²) in [6, 6.07) is 74.1. The van der Waals surface area contributed by atoms with Crippen LogP contribution in [0.5, 0.6) is 0 Å². The van der Waals surface area contributed by atoms with Crippen LogP contribution in [0.25, 0.3) is 0 Å². The molecule has 0 saturated carbocycles. The number of aromatic nitrogens is 7. The topological polar surface area (TPSA) is 229 Å². The molecule has 7 amide bonds. The van der Waals surface area contributed by atoms with Gasteiger partial charge in [-0.1, -0.05) is 184 Å². The molecule has 6 N–H and O–H groups in total. The minimum absolute atomic E-state index is 0.00833. The molecule has 36 heteroatoms. The number of halogens is 15. The van der Waals surface area contributed by atoms with E-state index >= 15 is 0 Å². The van der Waals surface area contributed by atoms with E-state index in [0.717, 1.165) is 21.3 Å². The van der Waals surface area contributed by atoms with E-state index in [9.17, 15) is 64.3 Å². The monoisotopic (exact) mass is 2230 g/mol. The molecular formula is C113H111BrCl7F7N14O7. The molecule has 16 aromatic rings. The Morgan fingerprint density at radius 1 is 0.329 bits per heavy atom. The lowest BCUT2D eigenvalue weighted by Gasteiger charge is -2.19. The van der Waals surface area contributed by atoms with E-state index in [4.69, 9.17) is 81.2 Å². The summed E-state index contributed by atoms with van der Waals surface area (Å²) in [5.74, 6) is -4.68. The predicted octanol–water partition coefficient (Wildman–Crippen LogP) is 27.9. The van der Waals surface area contributed by atoms with Gasteiger partial charge in [0.05, 0.1) is 23.2 Å². The Morgan fingerprint density at radius 2 is 0.685 bits per heavy atom. The van der Waals surface area contributed by atoms with E-state index in [1.54, 1.807) is 147 Å². The number of benzene rings is 9. The van der Waals surface area contributed by atoms with Crippen LogP contribution in [0.2, 0.25) is 35.2 Å². The van der Waals surface area contributed by atoms with Crippen LogP contribution in [0.15, 0.2) is 309 Å². The van der Waals surface area contributed by atoms with Crippen LogP contribution >= 0.6 is 97.1 Å². The first-order valence-corrected chi connectivity index (χ1v) is 50.3. The standard InChI is InChI=1S/C20H18ClFN2O.C19H16ClFN2O.C16H17BrClFN2O.C16H18ClFN2O.C15H16ClFN2O.C14H14ClFN2O.C13H12ClFN2O/c1-14(15-7-3-2-4-8-15)24-12-6-11-19(24)20(25)23-13-16-17(21)9-5-10-18(16)22;20-16-8-4-9-17(21)15(16)12-22-19(24)18-10-5-11-23(18)13-14-6-2-1-3-7-14;1-9(2)21-13(7-8-14(21)17)16(22)20-10(3)15-11(18)5-4-6-12(15)19;1-10(2)20-8-7-11(3)15(20)16(21)19-9-12-13(17)5-4-6-14(12)18;1-10(2)19-8-4-7-14(19)15(20)18-9-11-12(16)5-3-6-13(11)17;1-17-8-4-7-13(17)14(19)18(2)9-10-11(15)5-3-6-12(10)16;1-17-7-3-6-12(17)13(18)16-8-9-10(14)4-2-5-11(9)15/h2-12,14H,13H2,1H3,(H,23,25);1-11H,12-13H2,(H,22,24);4-10H,1-3H3,(H,20,22);4-8,10H,9H2,1-3H3,(H,19,21);3-8,10H,9H2,1-2H3,(H,18,20);3-8H,9H2,1-2H3;2-7H,8H2,1H3,(H,16,18). The zero-order valence-electron chi connectivity index (χ0n) is 83.3. The SMILES string of the molecule is CC(C)n1cccc1C(=O)NCc1c(F)cccc1Cl.CC(NC(=O)c1ccc(Br)n1C(C)C)c1c(F)cccc1Cl.CC(c1ccccc1)n1cccc1C(=O)NCc1c(F)cccc1Cl.CN(Cc1c(F)cccc1Cl)C(=O)c1cccn1C.Cc1ccn(C(C)C)c1C(=O)NCc1c(F)cccc1Cl.Cn1cccc1C(=O)NCc1c(F)cccc1Cl.O=C(NCc1c(F)cccc1Cl)c1cccn1Cc1ccccc1. The van der Waals surface area contributed by atoms with Crippen molar-refractivity contribution in [2.75, 3.05) is 7.05 Å². The molecule has 780 valence electrons. The minimum Gasteiger partial charge on any atom is -0.347 e. The number of hydrogen-bond donors (Lipinski definition) is 6. The van der Waals surface area contributed by atoms with Gasteiger partial charge in [-0.15, -0.1) is 0 Å². The van der Waals surface area contributed by atoms with Crippen LogP contribution in [0.3, 0.4) is 0 Å². The van der Waals surface area contributed by atoms with Crippen LogP contribution in [0.4, 0.5) is 30.7 Å². The van der Waals surface area contributed by atoms with Gasteiger partial charge in [-0.05, 0) is 259 Å². The lowest BCUT2D eigenvalue weighted by Crippen LogP contribution is -2.29. The van der Waals surface area contributed by atoms with Crippen LogP contribution in [0.1, 0.15) is 215 Å². The number of carbonyl (C=O) groups is 7. The molecule has 149 heavy (non-hydrogen) atoms. The second-order valence-corrected chi connectivity index (χ2v) is 38.4. The van der Waals surface area contributed by atoms with Gasteiger partial charge in [0.25, 0.3) is 41.4 Å². The molecule has 9 aromatic carbocycles. The number of nitrogens with one attached hydrogen (secondary N) is 6. The zero-order valence-corrected chi connectivity index (χ0v) is 90.2. The Hall–Kier alpha value is -13.8. The summed E-state index contributed by atoms with van der Waals surface area (Å²) in [6.45, 7) is 18.6. The Morgan fingerprint density at radius 3 is 1.09 bits per heavy atom. The number of rotatable bonds is 28. The third-order valence-electron chi connectivity index (χ3n) is 23.4. The molecule has 0 fully saturated rings. The third kappa shape index (κ3) is 32.4. The van der Waals surface area contributed by atoms with E-state index in [1.165, 1.54) is 83.8 Å². The number of nitrogens with zero attached hydrogens (tertiary/aromatic N) is 8. The van der Waals surface area contributed by atoms with Gasteiger partial charge in [-0.3, -0.25) is 33.6 Å². The van der Waals surface area contributed by atoms with E-state index in [1.807, 2.05) is 194 Å². The fourth-order valence-electron chi connectivity index (χ4n) is 15.4. The lowest BCUT2D eigenvalue weighted by molar-refractivity contribution is 0.0772. The van der Waals surface area contributed by atoms with Gasteiger partial charge < -0.3 is 68.8 Å². The molecule has 0 bridgehead atoms. The van der Waals surface area contributed by atoms with Crippen molar-refractivity contribution < 1.29 is 64.3 Å². The second kappa shape index (κ2) is 56.6. The van der Waals surface area contributed by atoms with Crippen LogP contribution in [0, 0.1) is 47.6 Å². The molecule has 0 spiro atoms. The van der Waals surface area contributed by atoms with Gasteiger partial charge in [-0.2, -0.15) is 0 Å². The number of carbonyl (C=O) groups excluding carboxylic acids is 7. The molecular weight excluding hydrogens is 2130 g/mol. The Balaban J connectivity index is 0.000000178. The Labute approximate surface area is 904 Å². The highest BCUT2D eigenvalue weighted by Crippen LogP contribution is 2.32. The fourth-order valence-corrected chi connectivity index (χ4v) is 17.9. The van der Waals surface area contributed by atoms with Crippen LogP contribution in [-0.2, 0) is 59.9 Å². The van der Waals surface area contributed by atoms with E-state index in [0.29, 0.717) is 109 Å². The molecule has 0 aliphatic heterocycles. The molecule has 7 aromatic heterocycles. The number of amides is 7. The zero-order chi connectivity index (χ0) is 109. The molecule has 0 aliphatic carbocycles. The average molecular weight is 2240 g/mol. The first-order valence-electron chi connectivity index (χ1n) is 46.9. The summed E-state index contributed by atoms with van der Waals surface area (Å²) in [4.78, 5) is 87.4. The van der Waals surface area contributed by atoms with Gasteiger partial charge in [0.2, 0.25) is 0 Å². The fraction of sp³-hybridized carbons (Fsp3) is 0.212. The van der Waals surface area contributed by atoms with Crippen molar-refractivity contribution >= 4 is 138 Å². The van der Waals surface area contributed by atoms with Crippen molar-refractivity contribution in [2.24, 2.45) is 14.1 Å². The molecule has 2 atom stereocenters. The highest BCUT2D eigenvalue weighted by molar-refractivity contribution is 9.10. The third-order valence-corrected chi connectivity index (χ3v) is 26.5. The van der Waals surface area contributed by atoms with Crippen molar-refractivity contribution in [2.45, 2.75) is 138 Å². The minimum atomic E-state index is -0.532. The van der Waals surface area contributed by atoms with Gasteiger partial charge >= 0.3 is 0 Å². The maximum Gasteiger partial charge on any atom is 0.270 e. The molecule has 2 unspecified atom stereocenters. The smallest absolute Gasteiger partial charge is 0.270 e. The van der Waals surface area contributed by atoms with Crippen molar-refractivity contribution in [3.8, 4) is 0 Å². The Bertz CT molecular complexity index is 7130. The van der Waals surface area contributed by atoms with Gasteiger partial charge in [0, 0.05) is 190 Å². The van der Waals surface area contributed by atoms with Crippen molar-refractivity contribution in [1.82, 2.24) is 68.8 Å². The summed E-state index contributed by atoms with van der Waals surface area (Å²) < 4.78 is 110. The van der Waals surface area contributed by atoms with Crippen molar-refractivity contribution in [3.05, 3.63) is 480 Å². The largest absolute Gasteiger partial charge is 0.347 e. The van der Waals surface area contributed by atoms with E-state index in [-0.39, 0.29) is 116 Å². The molecule has 21 nitrogen and oxygen atoms in total. The van der Waals surface area contributed by atoms with Crippen LogP contribution in [-0.4, -0.2) is 85.3 Å². The molecule has 16 rings (SSSR count).